The van der Waals surface area contributed by atoms with Crippen LogP contribution >= 0.6 is 0 Å². The molecule has 0 radical (unpaired) electrons. The fourth-order valence-corrected chi connectivity index (χ4v) is 5.05. The topological polar surface area (TPSA) is 140 Å². The van der Waals surface area contributed by atoms with Crippen LogP contribution in [0.15, 0.2) is 20.1 Å². The zero-order valence-electron chi connectivity index (χ0n) is 17.6. The van der Waals surface area contributed by atoms with Crippen molar-refractivity contribution in [1.82, 2.24) is 4.98 Å². The summed E-state index contributed by atoms with van der Waals surface area (Å²) < 4.78 is 52.5. The number of nitrogens with one attached hydrogen (secondary N) is 1. The van der Waals surface area contributed by atoms with Crippen LogP contribution in [0.3, 0.4) is 0 Å². The van der Waals surface area contributed by atoms with Gasteiger partial charge in [-0.1, -0.05) is 0 Å². The summed E-state index contributed by atoms with van der Waals surface area (Å²) in [5, 5.41) is 18.0. The van der Waals surface area contributed by atoms with Gasteiger partial charge in [-0.15, -0.1) is 4.36 Å². The van der Waals surface area contributed by atoms with E-state index in [0.717, 1.165) is 30.2 Å². The maximum absolute atomic E-state index is 13.0. The highest BCUT2D eigenvalue weighted by molar-refractivity contribution is 7.91. The lowest BCUT2D eigenvalue weighted by atomic mass is 9.97. The number of halogens is 2. The zero-order chi connectivity index (χ0) is 23.3. The number of benzene rings is 1. The highest BCUT2D eigenvalue weighted by atomic mass is 32.2. The molecule has 1 unspecified atom stereocenters. The van der Waals surface area contributed by atoms with Crippen molar-refractivity contribution < 1.29 is 32.0 Å². The molecule has 9 nitrogen and oxygen atoms in total. The van der Waals surface area contributed by atoms with Crippen LogP contribution in [0.5, 0.6) is 5.75 Å². The molecular weight excluding hydrogens is 446 g/mol. The SMILES string of the molecule is CC(C)(O)c1ncc(S(N)(=O)=NC(=O)Nc2c3c(c(OC(F)F)c4c2CCC4)CCC3)o1. The monoisotopic (exact) mass is 470 g/mol. The van der Waals surface area contributed by atoms with E-state index in [2.05, 4.69) is 14.7 Å². The Morgan fingerprint density at radius 1 is 1.25 bits per heavy atom. The maximum Gasteiger partial charge on any atom is 0.387 e. The molecule has 12 heteroatoms. The zero-order valence-corrected chi connectivity index (χ0v) is 18.4. The molecule has 32 heavy (non-hydrogen) atoms. The predicted octanol–water partition coefficient (Wildman–Crippen LogP) is 3.41. The molecule has 4 N–H and O–H groups in total. The number of alkyl halides is 2. The predicted molar refractivity (Wildman–Crippen MR) is 111 cm³/mol. The van der Waals surface area contributed by atoms with Crippen molar-refractivity contribution in [2.45, 2.75) is 69.7 Å². The van der Waals surface area contributed by atoms with E-state index in [9.17, 15) is 22.9 Å². The first kappa shape index (κ1) is 22.6. The summed E-state index contributed by atoms with van der Waals surface area (Å²) >= 11 is 0. The number of fused-ring (bicyclic) bond motifs is 2. The van der Waals surface area contributed by atoms with E-state index in [-0.39, 0.29) is 16.7 Å². The van der Waals surface area contributed by atoms with E-state index in [0.29, 0.717) is 42.5 Å². The van der Waals surface area contributed by atoms with Crippen molar-refractivity contribution in [3.8, 4) is 5.75 Å². The molecule has 0 spiro atoms. The number of ether oxygens (including phenoxy) is 1. The summed E-state index contributed by atoms with van der Waals surface area (Å²) in [7, 11) is -3.77. The average molecular weight is 470 g/mol. The number of rotatable bonds is 5. The van der Waals surface area contributed by atoms with Gasteiger partial charge < -0.3 is 19.6 Å². The average Bonchev–Trinajstić information content (AvgIpc) is 3.43. The van der Waals surface area contributed by atoms with Gasteiger partial charge in [-0.25, -0.2) is 19.1 Å². The number of anilines is 1. The lowest BCUT2D eigenvalue weighted by Gasteiger charge is -2.20. The highest BCUT2D eigenvalue weighted by Gasteiger charge is 2.32. The largest absolute Gasteiger partial charge is 0.434 e. The highest BCUT2D eigenvalue weighted by Crippen LogP contribution is 2.46. The Bertz CT molecular complexity index is 1160. The van der Waals surface area contributed by atoms with Gasteiger partial charge in [0.1, 0.15) is 11.4 Å². The molecular formula is C20H24F2N4O5S. The Morgan fingerprint density at radius 3 is 2.31 bits per heavy atom. The van der Waals surface area contributed by atoms with Crippen LogP contribution < -0.4 is 15.2 Å². The molecule has 1 aromatic carbocycles. The van der Waals surface area contributed by atoms with Gasteiger partial charge in [-0.05, 0) is 74.6 Å². The van der Waals surface area contributed by atoms with Gasteiger partial charge in [-0.3, -0.25) is 0 Å². The molecule has 1 heterocycles. The number of carbonyl (C=O) groups is 1. The summed E-state index contributed by atoms with van der Waals surface area (Å²) in [5.74, 6) is 0.102. The lowest BCUT2D eigenvalue weighted by Crippen LogP contribution is -2.19. The molecule has 2 amide bonds. The van der Waals surface area contributed by atoms with Crippen LogP contribution in [0.25, 0.3) is 0 Å². The molecule has 4 rings (SSSR count). The molecule has 0 fully saturated rings. The summed E-state index contributed by atoms with van der Waals surface area (Å²) in [6.07, 6.45) is 4.84. The van der Waals surface area contributed by atoms with Crippen LogP contribution in [0.1, 0.15) is 54.8 Å². The minimum Gasteiger partial charge on any atom is -0.434 e. The van der Waals surface area contributed by atoms with Crippen LogP contribution in [0, 0.1) is 0 Å². The molecule has 2 aliphatic carbocycles. The van der Waals surface area contributed by atoms with Crippen molar-refractivity contribution in [2.24, 2.45) is 9.50 Å². The number of aromatic nitrogens is 1. The molecule has 0 aliphatic heterocycles. The fraction of sp³-hybridized carbons (Fsp3) is 0.500. The number of hydrogen-bond acceptors (Lipinski definition) is 6. The number of amides is 2. The second kappa shape index (κ2) is 8.09. The lowest BCUT2D eigenvalue weighted by molar-refractivity contribution is -0.0509. The fourth-order valence-electron chi connectivity index (χ4n) is 4.26. The molecule has 2 aliphatic rings. The molecule has 1 atom stereocenters. The van der Waals surface area contributed by atoms with Crippen molar-refractivity contribution in [2.75, 3.05) is 5.32 Å². The van der Waals surface area contributed by atoms with E-state index in [1.54, 1.807) is 0 Å². The normalized spacial score (nSPS) is 17.1. The Labute approximate surface area is 183 Å². The van der Waals surface area contributed by atoms with Gasteiger partial charge in [0.2, 0.25) is 11.0 Å². The number of carbonyl (C=O) groups excluding carboxylic acids is 1. The molecule has 2 aromatic rings. The number of nitrogens with zero attached hydrogens (tertiary/aromatic N) is 2. The van der Waals surface area contributed by atoms with Gasteiger partial charge in [0.15, 0.2) is 9.92 Å². The van der Waals surface area contributed by atoms with Gasteiger partial charge in [0.05, 0.1) is 6.20 Å². The Kier molecular flexibility index (Phi) is 5.72. The van der Waals surface area contributed by atoms with Gasteiger partial charge in [-0.2, -0.15) is 8.78 Å². The molecule has 174 valence electrons. The second-order valence-corrected chi connectivity index (χ2v) is 10.1. The number of hydrogen-bond donors (Lipinski definition) is 3. The van der Waals surface area contributed by atoms with Crippen molar-refractivity contribution in [3.05, 3.63) is 34.3 Å². The maximum atomic E-state index is 13.0. The minimum atomic E-state index is -3.77. The Balaban J connectivity index is 1.69. The van der Waals surface area contributed by atoms with Crippen LogP contribution in [-0.4, -0.2) is 26.9 Å². The van der Waals surface area contributed by atoms with E-state index in [1.807, 2.05) is 0 Å². The standard InChI is InChI=1S/C20H24F2N4O5S/c1-20(2,28)17-24-9-14(30-17)32(23,29)26-19(27)25-15-10-5-3-7-12(10)16(31-18(21)22)13-8-4-6-11(13)15/h9,18,28H,3-8H2,1-2H3,(H3,23,25,26,27,29). The van der Waals surface area contributed by atoms with E-state index in [1.165, 1.54) is 13.8 Å². The Hall–Kier alpha value is -2.57. The number of aliphatic hydroxyl groups is 1. The number of nitrogens with two attached hydrogens (primary N) is 1. The van der Waals surface area contributed by atoms with Crippen molar-refractivity contribution in [3.63, 3.8) is 0 Å². The van der Waals surface area contributed by atoms with E-state index in [4.69, 9.17) is 14.3 Å². The van der Waals surface area contributed by atoms with Crippen LogP contribution in [-0.2, 0) is 41.2 Å². The van der Waals surface area contributed by atoms with E-state index >= 15 is 0 Å². The number of urea groups is 1. The summed E-state index contributed by atoms with van der Waals surface area (Å²) in [6.45, 7) is -0.0850. The first-order valence-corrected chi connectivity index (χ1v) is 11.7. The second-order valence-electron chi connectivity index (χ2n) is 8.34. The molecule has 1 aromatic heterocycles. The van der Waals surface area contributed by atoms with Gasteiger partial charge in [0, 0.05) is 5.69 Å². The molecule has 0 bridgehead atoms. The van der Waals surface area contributed by atoms with Crippen molar-refractivity contribution in [1.29, 1.82) is 0 Å². The smallest absolute Gasteiger partial charge is 0.387 e. The van der Waals surface area contributed by atoms with E-state index < -0.39 is 28.2 Å². The van der Waals surface area contributed by atoms with Gasteiger partial charge in [0.25, 0.3) is 0 Å². The third-order valence-corrected chi connectivity index (χ3v) is 6.74. The quantitative estimate of drug-likeness (QED) is 0.612. The van der Waals surface area contributed by atoms with Gasteiger partial charge >= 0.3 is 12.6 Å². The van der Waals surface area contributed by atoms with Crippen LogP contribution in [0.4, 0.5) is 19.3 Å². The first-order valence-electron chi connectivity index (χ1n) is 10.2. The summed E-state index contributed by atoms with van der Waals surface area (Å²) in [5.41, 5.74) is 1.87. The number of oxazole rings is 1. The third-order valence-electron chi connectivity index (χ3n) is 5.54. The minimum absolute atomic E-state index is 0.119. The first-order chi connectivity index (χ1) is 15.0. The summed E-state index contributed by atoms with van der Waals surface area (Å²) in [6, 6.07) is -0.954. The Morgan fingerprint density at radius 2 is 1.81 bits per heavy atom. The third kappa shape index (κ3) is 4.21. The molecule has 0 saturated carbocycles. The van der Waals surface area contributed by atoms with Crippen LogP contribution in [0.2, 0.25) is 0 Å². The van der Waals surface area contributed by atoms with Crippen molar-refractivity contribution >= 4 is 21.6 Å². The summed E-state index contributed by atoms with van der Waals surface area (Å²) in [4.78, 5) is 16.5. The molecule has 0 saturated heterocycles.